The van der Waals surface area contributed by atoms with E-state index in [0.717, 1.165) is 29.1 Å². The van der Waals surface area contributed by atoms with Crippen LogP contribution in [0.25, 0.3) is 0 Å². The minimum Gasteiger partial charge on any atom is -0.489 e. The molecular formula is C16H22BrNO. The van der Waals surface area contributed by atoms with Gasteiger partial charge in [-0.1, -0.05) is 6.07 Å². The van der Waals surface area contributed by atoms with Crippen molar-refractivity contribution < 1.29 is 4.74 Å². The molecule has 19 heavy (non-hydrogen) atoms. The third kappa shape index (κ3) is 3.51. The molecule has 3 heteroatoms. The number of piperidine rings is 1. The van der Waals surface area contributed by atoms with Gasteiger partial charge in [0.05, 0.1) is 10.6 Å². The molecule has 0 aromatic heterocycles. The van der Waals surface area contributed by atoms with Crippen LogP contribution < -0.4 is 10.1 Å². The van der Waals surface area contributed by atoms with E-state index < -0.39 is 0 Å². The van der Waals surface area contributed by atoms with Crippen LogP contribution in [-0.4, -0.2) is 19.2 Å². The monoisotopic (exact) mass is 323 g/mol. The summed E-state index contributed by atoms with van der Waals surface area (Å²) >= 11 is 3.68. The zero-order valence-electron chi connectivity index (χ0n) is 11.5. The predicted octanol–water partition coefficient (Wildman–Crippen LogP) is 3.84. The number of ether oxygens (including phenoxy) is 1. The van der Waals surface area contributed by atoms with Crippen molar-refractivity contribution in [2.24, 2.45) is 5.92 Å². The van der Waals surface area contributed by atoms with E-state index in [2.05, 4.69) is 40.3 Å². The Bertz CT molecular complexity index is 450. The minimum absolute atomic E-state index is 0.460. The SMILES string of the molecule is Cc1cc(Br)c(OC2CC2)c(CC2CCCNC2)c1. The molecule has 0 spiro atoms. The number of benzene rings is 1. The second-order valence-electron chi connectivity index (χ2n) is 5.97. The van der Waals surface area contributed by atoms with E-state index in [0.29, 0.717) is 6.10 Å². The first-order chi connectivity index (χ1) is 9.22. The zero-order chi connectivity index (χ0) is 13.2. The Kier molecular flexibility index (Phi) is 4.13. The fourth-order valence-corrected chi connectivity index (χ4v) is 3.56. The number of halogens is 1. The molecule has 1 aromatic rings. The van der Waals surface area contributed by atoms with Crippen LogP contribution in [0.15, 0.2) is 16.6 Å². The lowest BCUT2D eigenvalue weighted by Crippen LogP contribution is -2.31. The summed E-state index contributed by atoms with van der Waals surface area (Å²) in [5.74, 6) is 1.85. The summed E-state index contributed by atoms with van der Waals surface area (Å²) in [6.45, 7) is 4.49. The van der Waals surface area contributed by atoms with Crippen molar-refractivity contribution in [3.8, 4) is 5.75 Å². The van der Waals surface area contributed by atoms with Gasteiger partial charge in [0.25, 0.3) is 0 Å². The standard InChI is InChI=1S/C16H22BrNO/c1-11-7-13(9-12-3-2-6-18-10-12)16(15(17)8-11)19-14-4-5-14/h7-8,12,14,18H,2-6,9-10H2,1H3. The van der Waals surface area contributed by atoms with Gasteiger partial charge in [-0.3, -0.25) is 0 Å². The van der Waals surface area contributed by atoms with Gasteiger partial charge in [-0.25, -0.2) is 0 Å². The Balaban J connectivity index is 1.80. The third-order valence-corrected chi connectivity index (χ3v) is 4.57. The van der Waals surface area contributed by atoms with Crippen molar-refractivity contribution in [2.75, 3.05) is 13.1 Å². The minimum atomic E-state index is 0.460. The molecule has 1 unspecified atom stereocenters. The number of nitrogens with one attached hydrogen (secondary N) is 1. The van der Waals surface area contributed by atoms with Crippen molar-refractivity contribution in [3.63, 3.8) is 0 Å². The molecule has 1 saturated heterocycles. The van der Waals surface area contributed by atoms with Crippen molar-refractivity contribution in [3.05, 3.63) is 27.7 Å². The lowest BCUT2D eigenvalue weighted by atomic mass is 9.91. The van der Waals surface area contributed by atoms with Crippen LogP contribution >= 0.6 is 15.9 Å². The summed E-state index contributed by atoms with van der Waals surface area (Å²) in [6.07, 6.45) is 6.66. The van der Waals surface area contributed by atoms with Crippen LogP contribution in [0.1, 0.15) is 36.8 Å². The van der Waals surface area contributed by atoms with Crippen molar-refractivity contribution in [2.45, 2.75) is 45.1 Å². The lowest BCUT2D eigenvalue weighted by Gasteiger charge is -2.24. The maximum atomic E-state index is 6.12. The maximum Gasteiger partial charge on any atom is 0.137 e. The molecular weight excluding hydrogens is 302 g/mol. The quantitative estimate of drug-likeness (QED) is 0.908. The van der Waals surface area contributed by atoms with Crippen molar-refractivity contribution in [1.82, 2.24) is 5.32 Å². The van der Waals surface area contributed by atoms with E-state index in [1.807, 2.05) is 0 Å². The molecule has 1 atom stereocenters. The summed E-state index contributed by atoms with van der Waals surface area (Å²) in [5, 5.41) is 3.50. The normalized spacial score (nSPS) is 23.4. The molecule has 2 aliphatic rings. The molecule has 104 valence electrons. The average molecular weight is 324 g/mol. The summed E-state index contributed by atoms with van der Waals surface area (Å²) in [6, 6.07) is 4.47. The van der Waals surface area contributed by atoms with Crippen LogP contribution in [0, 0.1) is 12.8 Å². The van der Waals surface area contributed by atoms with E-state index in [-0.39, 0.29) is 0 Å². The Morgan fingerprint density at radius 3 is 2.84 bits per heavy atom. The van der Waals surface area contributed by atoms with Gasteiger partial charge in [-0.05, 0) is 91.2 Å². The number of rotatable bonds is 4. The second kappa shape index (κ2) is 5.84. The highest BCUT2D eigenvalue weighted by atomic mass is 79.9. The molecule has 2 fully saturated rings. The van der Waals surface area contributed by atoms with Crippen LogP contribution in [0.3, 0.4) is 0 Å². The summed E-state index contributed by atoms with van der Waals surface area (Å²) < 4.78 is 7.24. The molecule has 1 saturated carbocycles. The van der Waals surface area contributed by atoms with Crippen LogP contribution in [0.2, 0.25) is 0 Å². The van der Waals surface area contributed by atoms with Crippen LogP contribution in [0.5, 0.6) is 5.75 Å². The van der Waals surface area contributed by atoms with Gasteiger partial charge in [0.15, 0.2) is 0 Å². The van der Waals surface area contributed by atoms with Gasteiger partial charge < -0.3 is 10.1 Å². The second-order valence-corrected chi connectivity index (χ2v) is 6.82. The van der Waals surface area contributed by atoms with E-state index in [4.69, 9.17) is 4.74 Å². The highest BCUT2D eigenvalue weighted by Gasteiger charge is 2.26. The molecule has 0 bridgehead atoms. The molecule has 1 aliphatic heterocycles. The summed E-state index contributed by atoms with van der Waals surface area (Å²) in [5.41, 5.74) is 2.70. The van der Waals surface area contributed by atoms with Gasteiger partial charge in [-0.15, -0.1) is 0 Å². The molecule has 3 rings (SSSR count). The van der Waals surface area contributed by atoms with Gasteiger partial charge in [-0.2, -0.15) is 0 Å². The topological polar surface area (TPSA) is 21.3 Å². The van der Waals surface area contributed by atoms with Gasteiger partial charge in [0.2, 0.25) is 0 Å². The Hall–Kier alpha value is -0.540. The highest BCUT2D eigenvalue weighted by Crippen LogP contribution is 2.37. The largest absolute Gasteiger partial charge is 0.489 e. The first-order valence-corrected chi connectivity index (χ1v) is 8.18. The van der Waals surface area contributed by atoms with E-state index in [9.17, 15) is 0 Å². The van der Waals surface area contributed by atoms with Crippen LogP contribution in [-0.2, 0) is 6.42 Å². The number of aryl methyl sites for hydroxylation is 1. The van der Waals surface area contributed by atoms with Gasteiger partial charge in [0.1, 0.15) is 5.75 Å². The van der Waals surface area contributed by atoms with Crippen molar-refractivity contribution in [1.29, 1.82) is 0 Å². The fraction of sp³-hybridized carbons (Fsp3) is 0.625. The third-order valence-electron chi connectivity index (χ3n) is 3.98. The highest BCUT2D eigenvalue weighted by molar-refractivity contribution is 9.10. The molecule has 1 aromatic carbocycles. The first-order valence-electron chi connectivity index (χ1n) is 7.39. The Labute approximate surface area is 124 Å². The van der Waals surface area contributed by atoms with Crippen molar-refractivity contribution >= 4 is 15.9 Å². The first kappa shape index (κ1) is 13.4. The molecule has 0 radical (unpaired) electrons. The molecule has 1 aliphatic carbocycles. The van der Waals surface area contributed by atoms with Crippen LogP contribution in [0.4, 0.5) is 0 Å². The maximum absolute atomic E-state index is 6.12. The number of hydrogen-bond donors (Lipinski definition) is 1. The van der Waals surface area contributed by atoms with E-state index in [1.165, 1.54) is 43.4 Å². The Morgan fingerprint density at radius 2 is 2.16 bits per heavy atom. The van der Waals surface area contributed by atoms with E-state index in [1.54, 1.807) is 0 Å². The van der Waals surface area contributed by atoms with Gasteiger partial charge in [0, 0.05) is 0 Å². The zero-order valence-corrected chi connectivity index (χ0v) is 13.1. The fourth-order valence-electron chi connectivity index (χ4n) is 2.85. The molecule has 0 amide bonds. The summed E-state index contributed by atoms with van der Waals surface area (Å²) in [7, 11) is 0. The molecule has 2 nitrogen and oxygen atoms in total. The number of hydrogen-bond acceptors (Lipinski definition) is 2. The average Bonchev–Trinajstić information content (AvgIpc) is 3.19. The predicted molar refractivity (Wildman–Crippen MR) is 81.8 cm³/mol. The van der Waals surface area contributed by atoms with E-state index >= 15 is 0 Å². The lowest BCUT2D eigenvalue weighted by molar-refractivity contribution is 0.293. The molecule has 1 heterocycles. The van der Waals surface area contributed by atoms with Gasteiger partial charge >= 0.3 is 0 Å². The summed E-state index contributed by atoms with van der Waals surface area (Å²) in [4.78, 5) is 0. The Morgan fingerprint density at radius 1 is 1.32 bits per heavy atom. The molecule has 1 N–H and O–H groups in total. The smallest absolute Gasteiger partial charge is 0.137 e.